The Labute approximate surface area is 145 Å². The molecule has 0 atom stereocenters. The summed E-state index contributed by atoms with van der Waals surface area (Å²) in [6.45, 7) is 2.07. The zero-order valence-corrected chi connectivity index (χ0v) is 14.4. The molecule has 6 heteroatoms. The standard InChI is InChI=1S/C19H18N4O2/c1-4-15-22-17-16-13(10-14(24-2)18(17)25-3)20-11-21-19(16)23(15)12-8-6-5-7-9-12/h5-11H,4H2,1-3H3. The number of amidine groups is 1. The number of benzene rings is 2. The number of para-hydroxylation sites is 1. The van der Waals surface area contributed by atoms with Crippen LogP contribution in [0, 0.1) is 0 Å². The molecule has 0 radical (unpaired) electrons. The highest BCUT2D eigenvalue weighted by Crippen LogP contribution is 2.49. The van der Waals surface area contributed by atoms with Crippen molar-refractivity contribution in [3.05, 3.63) is 42.7 Å². The summed E-state index contributed by atoms with van der Waals surface area (Å²) in [5.74, 6) is 2.91. The highest BCUT2D eigenvalue weighted by atomic mass is 16.5. The van der Waals surface area contributed by atoms with Gasteiger partial charge >= 0.3 is 0 Å². The second-order valence-corrected chi connectivity index (χ2v) is 5.60. The van der Waals surface area contributed by atoms with Crippen LogP contribution in [0.15, 0.2) is 47.7 Å². The third-order valence-corrected chi connectivity index (χ3v) is 4.27. The number of aliphatic imine (C=N–C) groups is 1. The Morgan fingerprint density at radius 2 is 1.84 bits per heavy atom. The van der Waals surface area contributed by atoms with Gasteiger partial charge in [0.1, 0.15) is 17.9 Å². The fraction of sp³-hybridized carbons (Fsp3) is 0.211. The lowest BCUT2D eigenvalue weighted by Gasteiger charge is -2.30. The third kappa shape index (κ3) is 2.29. The predicted molar refractivity (Wildman–Crippen MR) is 98.6 cm³/mol. The fourth-order valence-electron chi connectivity index (χ4n) is 3.16. The van der Waals surface area contributed by atoms with Gasteiger partial charge in [0.2, 0.25) is 0 Å². The number of ether oxygens (including phenoxy) is 2. The Balaban J connectivity index is 2.08. The maximum absolute atomic E-state index is 5.58. The van der Waals surface area contributed by atoms with E-state index in [2.05, 4.69) is 21.8 Å². The van der Waals surface area contributed by atoms with Crippen molar-refractivity contribution in [1.29, 1.82) is 0 Å². The summed E-state index contributed by atoms with van der Waals surface area (Å²) in [5, 5.41) is 0.862. The monoisotopic (exact) mass is 334 g/mol. The van der Waals surface area contributed by atoms with Gasteiger partial charge in [-0.3, -0.25) is 4.90 Å². The number of aromatic nitrogens is 2. The average molecular weight is 334 g/mol. The number of methoxy groups -OCH3 is 2. The van der Waals surface area contributed by atoms with E-state index in [-0.39, 0.29) is 0 Å². The van der Waals surface area contributed by atoms with E-state index in [0.29, 0.717) is 11.5 Å². The molecule has 2 aromatic carbocycles. The summed E-state index contributed by atoms with van der Waals surface area (Å²) in [6, 6.07) is 12.0. The molecule has 0 N–H and O–H groups in total. The van der Waals surface area contributed by atoms with Crippen molar-refractivity contribution in [2.24, 2.45) is 4.99 Å². The quantitative estimate of drug-likeness (QED) is 0.714. The predicted octanol–water partition coefficient (Wildman–Crippen LogP) is 4.24. The van der Waals surface area contributed by atoms with Gasteiger partial charge < -0.3 is 9.47 Å². The van der Waals surface area contributed by atoms with Crippen LogP contribution < -0.4 is 14.4 Å². The van der Waals surface area contributed by atoms with Gasteiger partial charge in [-0.15, -0.1) is 0 Å². The van der Waals surface area contributed by atoms with Crippen molar-refractivity contribution in [1.82, 2.24) is 9.97 Å². The Morgan fingerprint density at radius 3 is 2.52 bits per heavy atom. The zero-order valence-electron chi connectivity index (χ0n) is 14.4. The van der Waals surface area contributed by atoms with Gasteiger partial charge in [0.15, 0.2) is 17.3 Å². The lowest BCUT2D eigenvalue weighted by atomic mass is 10.1. The molecule has 126 valence electrons. The molecule has 6 nitrogen and oxygen atoms in total. The summed E-state index contributed by atoms with van der Waals surface area (Å²) in [6.07, 6.45) is 2.32. The molecule has 0 spiro atoms. The van der Waals surface area contributed by atoms with E-state index in [1.807, 2.05) is 36.4 Å². The van der Waals surface area contributed by atoms with Crippen LogP contribution in [0.25, 0.3) is 10.9 Å². The zero-order chi connectivity index (χ0) is 17.4. The van der Waals surface area contributed by atoms with E-state index in [9.17, 15) is 0 Å². The summed E-state index contributed by atoms with van der Waals surface area (Å²) >= 11 is 0. The molecule has 1 aliphatic rings. The van der Waals surface area contributed by atoms with Crippen LogP contribution in [0.2, 0.25) is 0 Å². The summed E-state index contributed by atoms with van der Waals surface area (Å²) < 4.78 is 11.0. The van der Waals surface area contributed by atoms with E-state index < -0.39 is 0 Å². The van der Waals surface area contributed by atoms with Crippen LogP contribution in [0.3, 0.4) is 0 Å². The SMILES string of the molecule is CCC1=Nc2c(OC)c(OC)cc3ncnc(c23)N1c1ccccc1. The van der Waals surface area contributed by atoms with E-state index in [1.165, 1.54) is 0 Å². The smallest absolute Gasteiger partial charge is 0.187 e. The van der Waals surface area contributed by atoms with Gasteiger partial charge in [0.05, 0.1) is 25.1 Å². The van der Waals surface area contributed by atoms with E-state index in [1.54, 1.807) is 20.5 Å². The van der Waals surface area contributed by atoms with Crippen LogP contribution in [-0.2, 0) is 0 Å². The molecule has 0 amide bonds. The Kier molecular flexibility index (Phi) is 3.72. The van der Waals surface area contributed by atoms with Crippen LogP contribution in [0.4, 0.5) is 17.2 Å². The first-order valence-electron chi connectivity index (χ1n) is 8.11. The highest BCUT2D eigenvalue weighted by Gasteiger charge is 2.29. The molecule has 1 aromatic heterocycles. The number of hydrogen-bond donors (Lipinski definition) is 0. The summed E-state index contributed by atoms with van der Waals surface area (Å²) in [4.78, 5) is 15.9. The van der Waals surface area contributed by atoms with Crippen LogP contribution in [0.5, 0.6) is 11.5 Å². The Hall–Kier alpha value is -3.15. The van der Waals surface area contributed by atoms with Crippen LogP contribution in [-0.4, -0.2) is 30.0 Å². The molecule has 3 aromatic rings. The lowest BCUT2D eigenvalue weighted by Crippen LogP contribution is -2.28. The van der Waals surface area contributed by atoms with E-state index in [4.69, 9.17) is 14.5 Å². The average Bonchev–Trinajstić information content (AvgIpc) is 2.68. The minimum Gasteiger partial charge on any atom is -0.493 e. The molecule has 0 bridgehead atoms. The molecule has 0 saturated carbocycles. The lowest BCUT2D eigenvalue weighted by molar-refractivity contribution is 0.356. The Morgan fingerprint density at radius 1 is 1.04 bits per heavy atom. The topological polar surface area (TPSA) is 59.8 Å². The highest BCUT2D eigenvalue weighted by molar-refractivity contribution is 6.17. The molecule has 0 saturated heterocycles. The molecular formula is C19H18N4O2. The number of hydrogen-bond acceptors (Lipinski definition) is 6. The maximum Gasteiger partial charge on any atom is 0.187 e. The molecule has 0 aliphatic carbocycles. The second kappa shape index (κ2) is 6.05. The first kappa shape index (κ1) is 15.4. The first-order chi connectivity index (χ1) is 12.3. The molecule has 0 fully saturated rings. The van der Waals surface area contributed by atoms with Gasteiger partial charge in [0.25, 0.3) is 0 Å². The Bertz CT molecular complexity index is 970. The van der Waals surface area contributed by atoms with Crippen molar-refractivity contribution >= 4 is 33.9 Å². The van der Waals surface area contributed by atoms with Crippen molar-refractivity contribution in [2.45, 2.75) is 13.3 Å². The minimum atomic E-state index is 0.602. The van der Waals surface area contributed by atoms with Crippen molar-refractivity contribution in [3.8, 4) is 11.5 Å². The van der Waals surface area contributed by atoms with Gasteiger partial charge in [-0.05, 0) is 12.1 Å². The van der Waals surface area contributed by atoms with Crippen LogP contribution >= 0.6 is 0 Å². The first-order valence-corrected chi connectivity index (χ1v) is 8.11. The minimum absolute atomic E-state index is 0.602. The van der Waals surface area contributed by atoms with E-state index in [0.717, 1.165) is 40.4 Å². The number of rotatable bonds is 4. The van der Waals surface area contributed by atoms with Gasteiger partial charge in [-0.25, -0.2) is 15.0 Å². The van der Waals surface area contributed by atoms with Crippen molar-refractivity contribution in [3.63, 3.8) is 0 Å². The fourth-order valence-corrected chi connectivity index (χ4v) is 3.16. The number of anilines is 2. The van der Waals surface area contributed by atoms with Gasteiger partial charge in [0, 0.05) is 18.2 Å². The molecule has 25 heavy (non-hydrogen) atoms. The molecule has 1 aliphatic heterocycles. The molecular weight excluding hydrogens is 316 g/mol. The summed E-state index contributed by atoms with van der Waals surface area (Å²) in [5.41, 5.74) is 2.51. The van der Waals surface area contributed by atoms with Crippen molar-refractivity contribution < 1.29 is 9.47 Å². The maximum atomic E-state index is 5.58. The molecule has 2 heterocycles. The largest absolute Gasteiger partial charge is 0.493 e. The normalized spacial score (nSPS) is 12.9. The van der Waals surface area contributed by atoms with Crippen LogP contribution in [0.1, 0.15) is 13.3 Å². The third-order valence-electron chi connectivity index (χ3n) is 4.27. The number of nitrogens with zero attached hydrogens (tertiary/aromatic N) is 4. The molecule has 0 unspecified atom stereocenters. The van der Waals surface area contributed by atoms with Gasteiger partial charge in [-0.1, -0.05) is 25.1 Å². The molecule has 4 rings (SSSR count). The van der Waals surface area contributed by atoms with E-state index >= 15 is 0 Å². The van der Waals surface area contributed by atoms with Crippen molar-refractivity contribution in [2.75, 3.05) is 19.1 Å². The summed E-state index contributed by atoms with van der Waals surface area (Å²) in [7, 11) is 3.23. The van der Waals surface area contributed by atoms with Gasteiger partial charge in [-0.2, -0.15) is 0 Å². The second-order valence-electron chi connectivity index (χ2n) is 5.60.